The number of hydrogen-bond donors (Lipinski definition) is 8. The molecule has 0 unspecified atom stereocenters. The lowest BCUT2D eigenvalue weighted by atomic mass is 9.94. The van der Waals surface area contributed by atoms with E-state index < -0.39 is 61.4 Å². The van der Waals surface area contributed by atoms with Crippen molar-refractivity contribution in [1.29, 1.82) is 0 Å². The van der Waals surface area contributed by atoms with Gasteiger partial charge >= 0.3 is 0 Å². The second-order valence-corrected chi connectivity index (χ2v) is 7.98. The summed E-state index contributed by atoms with van der Waals surface area (Å²) in [7, 11) is 2.42. The quantitative estimate of drug-likeness (QED) is 0.204. The maximum Gasteiger partial charge on any atom is 0.229 e. The van der Waals surface area contributed by atoms with Gasteiger partial charge in [0.1, 0.15) is 48.5 Å². The normalized spacial score (nSPS) is 27.1. The number of methoxy groups -OCH3 is 2. The fraction of sp³-hybridized carbons (Fsp3) is 0.478. The van der Waals surface area contributed by atoms with E-state index in [-0.39, 0.29) is 22.8 Å². The molecule has 0 radical (unpaired) electrons. The van der Waals surface area contributed by atoms with Crippen molar-refractivity contribution in [2.45, 2.75) is 49.0 Å². The van der Waals surface area contributed by atoms with Crippen molar-refractivity contribution < 1.29 is 59.8 Å². The first-order chi connectivity index (χ1) is 16.7. The molecule has 194 valence electrons. The summed E-state index contributed by atoms with van der Waals surface area (Å²) in [6, 6.07) is 9.09. The predicted molar refractivity (Wildman–Crippen MR) is 118 cm³/mol. The Morgan fingerprint density at radius 1 is 0.886 bits per heavy atom. The molecule has 1 aliphatic rings. The van der Waals surface area contributed by atoms with Crippen LogP contribution in [-0.2, 0) is 4.74 Å². The van der Waals surface area contributed by atoms with Gasteiger partial charge in [0.2, 0.25) is 12.0 Å². The molecule has 2 aromatic rings. The van der Waals surface area contributed by atoms with Gasteiger partial charge in [-0.3, -0.25) is 0 Å². The predicted octanol–water partition coefficient (Wildman–Crippen LogP) is -1.28. The molecule has 0 aromatic heterocycles. The second kappa shape index (κ2) is 11.4. The third-order valence-corrected chi connectivity index (χ3v) is 5.80. The van der Waals surface area contributed by atoms with E-state index in [4.69, 9.17) is 18.9 Å². The van der Waals surface area contributed by atoms with Gasteiger partial charge in [-0.1, -0.05) is 30.3 Å². The van der Waals surface area contributed by atoms with Gasteiger partial charge in [0.15, 0.2) is 11.5 Å². The molecule has 35 heavy (non-hydrogen) atoms. The standard InChI is InChI=1S/C23H30O12/c1-32-21-12(34-23-20(31)19(30)16(27)13(9-24)35-23)8-11(25)14(22(21)33-2)17(28)18(29)15(26)10-6-4-3-5-7-10/h3-8,13,15-20,23-31H,9H2,1-2H3/t13-,15+,16-,17+,18+,19+,20-,23-/m1/s1. The third kappa shape index (κ3) is 5.29. The zero-order chi connectivity index (χ0) is 25.9. The van der Waals surface area contributed by atoms with Crippen molar-refractivity contribution in [1.82, 2.24) is 0 Å². The summed E-state index contributed by atoms with van der Waals surface area (Å²) in [4.78, 5) is 0. The Bertz CT molecular complexity index is 969. The Kier molecular flexibility index (Phi) is 8.74. The molecule has 8 atom stereocenters. The van der Waals surface area contributed by atoms with Gasteiger partial charge in [0.25, 0.3) is 0 Å². The first kappa shape index (κ1) is 26.9. The minimum atomic E-state index is -1.84. The maximum absolute atomic E-state index is 10.8. The van der Waals surface area contributed by atoms with Crippen molar-refractivity contribution in [3.63, 3.8) is 0 Å². The second-order valence-electron chi connectivity index (χ2n) is 7.98. The number of phenolic OH excluding ortho intramolecular Hbond substituents is 1. The molecule has 12 heteroatoms. The lowest BCUT2D eigenvalue weighted by Gasteiger charge is -2.39. The van der Waals surface area contributed by atoms with Crippen molar-refractivity contribution >= 4 is 0 Å². The van der Waals surface area contributed by atoms with Crippen molar-refractivity contribution in [2.24, 2.45) is 0 Å². The zero-order valence-electron chi connectivity index (χ0n) is 19.0. The van der Waals surface area contributed by atoms with Crippen molar-refractivity contribution in [3.05, 3.63) is 47.5 Å². The molecule has 1 aliphatic heterocycles. The Morgan fingerprint density at radius 2 is 1.51 bits per heavy atom. The van der Waals surface area contributed by atoms with Crippen LogP contribution in [0, 0.1) is 0 Å². The molecular formula is C23H30O12. The Labute approximate surface area is 200 Å². The van der Waals surface area contributed by atoms with Gasteiger partial charge in [0, 0.05) is 6.07 Å². The van der Waals surface area contributed by atoms with Crippen LogP contribution in [0.1, 0.15) is 23.3 Å². The van der Waals surface area contributed by atoms with E-state index in [2.05, 4.69) is 0 Å². The number of aromatic hydroxyl groups is 1. The number of ether oxygens (including phenoxy) is 4. The molecule has 12 nitrogen and oxygen atoms in total. The third-order valence-electron chi connectivity index (χ3n) is 5.80. The molecule has 0 aliphatic carbocycles. The fourth-order valence-corrected chi connectivity index (χ4v) is 3.87. The summed E-state index contributed by atoms with van der Waals surface area (Å²) in [5, 5.41) is 82.2. The Morgan fingerprint density at radius 3 is 2.09 bits per heavy atom. The molecule has 2 aromatic carbocycles. The van der Waals surface area contributed by atoms with Gasteiger partial charge in [-0.05, 0) is 5.56 Å². The van der Waals surface area contributed by atoms with E-state index in [9.17, 15) is 40.9 Å². The van der Waals surface area contributed by atoms with Crippen LogP contribution >= 0.6 is 0 Å². The van der Waals surface area contributed by atoms with Crippen LogP contribution in [0.4, 0.5) is 0 Å². The molecule has 3 rings (SSSR count). The van der Waals surface area contributed by atoms with Crippen LogP contribution in [0.2, 0.25) is 0 Å². The highest BCUT2D eigenvalue weighted by molar-refractivity contribution is 5.62. The molecule has 0 saturated carbocycles. The Hall–Kier alpha value is -2.68. The Balaban J connectivity index is 1.95. The van der Waals surface area contributed by atoms with Crippen LogP contribution in [-0.4, -0.2) is 98.5 Å². The van der Waals surface area contributed by atoms with E-state index >= 15 is 0 Å². The van der Waals surface area contributed by atoms with Gasteiger partial charge in [0.05, 0.1) is 26.4 Å². The number of aliphatic hydroxyl groups excluding tert-OH is 7. The molecule has 1 heterocycles. The van der Waals surface area contributed by atoms with Gasteiger partial charge < -0.3 is 59.8 Å². The van der Waals surface area contributed by atoms with Gasteiger partial charge in [-0.2, -0.15) is 0 Å². The van der Waals surface area contributed by atoms with Gasteiger partial charge in [-0.15, -0.1) is 0 Å². The molecule has 0 spiro atoms. The number of rotatable bonds is 9. The van der Waals surface area contributed by atoms with E-state index in [1.54, 1.807) is 30.3 Å². The minimum absolute atomic E-state index is 0.183. The monoisotopic (exact) mass is 498 g/mol. The van der Waals surface area contributed by atoms with Crippen LogP contribution in [0.3, 0.4) is 0 Å². The summed E-state index contributed by atoms with van der Waals surface area (Å²) in [6.07, 6.45) is -13.0. The summed E-state index contributed by atoms with van der Waals surface area (Å²) < 4.78 is 21.5. The highest BCUT2D eigenvalue weighted by Crippen LogP contribution is 2.49. The number of phenols is 1. The number of aliphatic hydroxyl groups is 7. The smallest absolute Gasteiger partial charge is 0.229 e. The SMILES string of the molecule is COc1c(O[C@@H]2O[C@H](CO)[C@@H](O)[C@H](O)[C@H]2O)cc(O)c([C@H](O)[C@@H](O)[C@@H](O)c2ccccc2)c1OC. The molecule has 8 N–H and O–H groups in total. The topological polar surface area (TPSA) is 199 Å². The summed E-state index contributed by atoms with van der Waals surface area (Å²) in [6.45, 7) is -0.677. The number of hydrogen-bond acceptors (Lipinski definition) is 12. The van der Waals surface area contributed by atoms with E-state index in [1.807, 2.05) is 0 Å². The summed E-state index contributed by atoms with van der Waals surface area (Å²) in [5.74, 6) is -1.30. The van der Waals surface area contributed by atoms with Crippen molar-refractivity contribution in [2.75, 3.05) is 20.8 Å². The fourth-order valence-electron chi connectivity index (χ4n) is 3.87. The first-order valence-corrected chi connectivity index (χ1v) is 10.7. The van der Waals surface area contributed by atoms with Crippen LogP contribution in [0.5, 0.6) is 23.0 Å². The van der Waals surface area contributed by atoms with Crippen LogP contribution in [0.15, 0.2) is 36.4 Å². The van der Waals surface area contributed by atoms with Crippen LogP contribution < -0.4 is 14.2 Å². The maximum atomic E-state index is 10.8. The lowest BCUT2D eigenvalue weighted by Crippen LogP contribution is -2.60. The largest absolute Gasteiger partial charge is 0.507 e. The molecule has 1 saturated heterocycles. The van der Waals surface area contributed by atoms with Crippen LogP contribution in [0.25, 0.3) is 0 Å². The highest BCUT2D eigenvalue weighted by atomic mass is 16.7. The van der Waals surface area contributed by atoms with Crippen molar-refractivity contribution in [3.8, 4) is 23.0 Å². The lowest BCUT2D eigenvalue weighted by molar-refractivity contribution is -0.277. The van der Waals surface area contributed by atoms with E-state index in [0.29, 0.717) is 5.56 Å². The number of benzene rings is 2. The minimum Gasteiger partial charge on any atom is -0.507 e. The average molecular weight is 498 g/mol. The molecular weight excluding hydrogens is 468 g/mol. The molecule has 0 amide bonds. The summed E-state index contributed by atoms with van der Waals surface area (Å²) >= 11 is 0. The highest BCUT2D eigenvalue weighted by Gasteiger charge is 2.45. The van der Waals surface area contributed by atoms with E-state index in [1.165, 1.54) is 14.2 Å². The molecule has 0 bridgehead atoms. The summed E-state index contributed by atoms with van der Waals surface area (Å²) in [5.41, 5.74) is 0.0139. The molecule has 1 fully saturated rings. The van der Waals surface area contributed by atoms with E-state index in [0.717, 1.165) is 6.07 Å². The van der Waals surface area contributed by atoms with Gasteiger partial charge in [-0.25, -0.2) is 0 Å². The average Bonchev–Trinajstić information content (AvgIpc) is 2.87. The zero-order valence-corrected chi connectivity index (χ0v) is 19.0. The first-order valence-electron chi connectivity index (χ1n) is 10.7.